The number of fused-ring (bicyclic) bond motifs is 1. The van der Waals surface area contributed by atoms with Crippen LogP contribution in [0.25, 0.3) is 0 Å². The van der Waals surface area contributed by atoms with E-state index < -0.39 is 10.0 Å². The molecular formula is C14H21N3O3S. The van der Waals surface area contributed by atoms with Crippen molar-refractivity contribution in [2.24, 2.45) is 5.92 Å². The lowest BCUT2D eigenvalue weighted by Gasteiger charge is -2.21. The molecule has 2 saturated heterocycles. The molecule has 0 aromatic carbocycles. The second-order valence-electron chi connectivity index (χ2n) is 5.84. The van der Waals surface area contributed by atoms with Gasteiger partial charge in [0, 0.05) is 51.0 Å². The third-order valence-corrected chi connectivity index (χ3v) is 5.46. The van der Waals surface area contributed by atoms with Crippen LogP contribution in [0.2, 0.25) is 0 Å². The molecule has 1 aromatic heterocycles. The standard InChI is InChI=1S/C14H21N3O3S/c1-21(18,19)17-6-7-20-14-11-16(9-13(14)10-17)8-12-2-4-15-5-3-12/h2-5,13-14H,6-11H2,1H3/t13-,14-/m1/s1. The second kappa shape index (κ2) is 6.00. The van der Waals surface area contributed by atoms with E-state index in [9.17, 15) is 8.42 Å². The zero-order valence-corrected chi connectivity index (χ0v) is 13.0. The van der Waals surface area contributed by atoms with Gasteiger partial charge in [0.15, 0.2) is 0 Å². The fourth-order valence-electron chi connectivity index (χ4n) is 3.13. The largest absolute Gasteiger partial charge is 0.375 e. The van der Waals surface area contributed by atoms with Crippen LogP contribution < -0.4 is 0 Å². The highest BCUT2D eigenvalue weighted by Crippen LogP contribution is 2.25. The summed E-state index contributed by atoms with van der Waals surface area (Å²) in [4.78, 5) is 6.35. The van der Waals surface area contributed by atoms with Gasteiger partial charge < -0.3 is 4.74 Å². The van der Waals surface area contributed by atoms with Gasteiger partial charge in [0.25, 0.3) is 0 Å². The fourth-order valence-corrected chi connectivity index (χ4v) is 4.00. The van der Waals surface area contributed by atoms with E-state index in [-0.39, 0.29) is 12.0 Å². The lowest BCUT2D eigenvalue weighted by atomic mass is 10.1. The Balaban J connectivity index is 1.65. The number of hydrogen-bond donors (Lipinski definition) is 0. The van der Waals surface area contributed by atoms with Gasteiger partial charge in [-0.1, -0.05) is 0 Å². The first-order valence-corrected chi connectivity index (χ1v) is 9.05. The molecule has 21 heavy (non-hydrogen) atoms. The van der Waals surface area contributed by atoms with Crippen LogP contribution in [0.15, 0.2) is 24.5 Å². The van der Waals surface area contributed by atoms with Crippen molar-refractivity contribution < 1.29 is 13.2 Å². The number of pyridine rings is 1. The quantitative estimate of drug-likeness (QED) is 0.796. The molecule has 0 aliphatic carbocycles. The highest BCUT2D eigenvalue weighted by Gasteiger charge is 2.38. The summed E-state index contributed by atoms with van der Waals surface area (Å²) in [5, 5.41) is 0. The van der Waals surface area contributed by atoms with Gasteiger partial charge in [0.1, 0.15) is 0 Å². The zero-order chi connectivity index (χ0) is 14.9. The van der Waals surface area contributed by atoms with Crippen LogP contribution in [0.3, 0.4) is 0 Å². The number of sulfonamides is 1. The summed E-state index contributed by atoms with van der Waals surface area (Å²) in [5.74, 6) is 0.254. The van der Waals surface area contributed by atoms with Crippen molar-refractivity contribution in [1.29, 1.82) is 0 Å². The van der Waals surface area contributed by atoms with Crippen LogP contribution in [0.4, 0.5) is 0 Å². The average Bonchev–Trinajstić information content (AvgIpc) is 2.68. The smallest absolute Gasteiger partial charge is 0.211 e. The number of nitrogens with zero attached hydrogens (tertiary/aromatic N) is 3. The maximum atomic E-state index is 11.8. The van der Waals surface area contributed by atoms with Gasteiger partial charge in [-0.15, -0.1) is 0 Å². The minimum atomic E-state index is -3.14. The summed E-state index contributed by atoms with van der Waals surface area (Å²) < 4.78 is 30.9. The Morgan fingerprint density at radius 3 is 2.76 bits per heavy atom. The first kappa shape index (κ1) is 14.9. The van der Waals surface area contributed by atoms with E-state index in [1.54, 1.807) is 16.7 Å². The minimum Gasteiger partial charge on any atom is -0.375 e. The molecule has 0 bridgehead atoms. The summed E-state index contributed by atoms with van der Waals surface area (Å²) >= 11 is 0. The third-order valence-electron chi connectivity index (χ3n) is 4.19. The van der Waals surface area contributed by atoms with E-state index >= 15 is 0 Å². The summed E-state index contributed by atoms with van der Waals surface area (Å²) in [6, 6.07) is 4.02. The highest BCUT2D eigenvalue weighted by molar-refractivity contribution is 7.88. The van der Waals surface area contributed by atoms with Gasteiger partial charge >= 0.3 is 0 Å². The zero-order valence-electron chi connectivity index (χ0n) is 12.2. The molecule has 3 rings (SSSR count). The van der Waals surface area contributed by atoms with E-state index in [0.29, 0.717) is 19.7 Å². The van der Waals surface area contributed by atoms with Crippen LogP contribution in [-0.2, 0) is 21.3 Å². The molecule has 1 aromatic rings. The Morgan fingerprint density at radius 2 is 2.05 bits per heavy atom. The van der Waals surface area contributed by atoms with Crippen LogP contribution in [0.1, 0.15) is 5.56 Å². The Hall–Kier alpha value is -1.02. The Labute approximate surface area is 125 Å². The van der Waals surface area contributed by atoms with Crippen LogP contribution in [0.5, 0.6) is 0 Å². The van der Waals surface area contributed by atoms with Crippen molar-refractivity contribution in [1.82, 2.24) is 14.2 Å². The number of likely N-dealkylation sites (tertiary alicyclic amines) is 1. The lowest BCUT2D eigenvalue weighted by molar-refractivity contribution is 0.0518. The number of aromatic nitrogens is 1. The van der Waals surface area contributed by atoms with Crippen molar-refractivity contribution in [3.63, 3.8) is 0 Å². The molecule has 2 aliphatic rings. The molecule has 0 spiro atoms. The summed E-state index contributed by atoms with van der Waals surface area (Å²) in [6.07, 6.45) is 5.01. The molecule has 6 nitrogen and oxygen atoms in total. The van der Waals surface area contributed by atoms with Crippen molar-refractivity contribution >= 4 is 10.0 Å². The Bertz CT molecular complexity index is 578. The minimum absolute atomic E-state index is 0.138. The molecule has 3 heterocycles. The SMILES string of the molecule is CS(=O)(=O)N1CCO[C@@H]2CN(Cc3ccncc3)C[C@@H]2C1. The second-order valence-corrected chi connectivity index (χ2v) is 7.82. The van der Waals surface area contributed by atoms with Gasteiger partial charge in [-0.2, -0.15) is 4.31 Å². The Morgan fingerprint density at radius 1 is 1.29 bits per heavy atom. The van der Waals surface area contributed by atoms with E-state index in [2.05, 4.69) is 9.88 Å². The van der Waals surface area contributed by atoms with Crippen molar-refractivity contribution in [2.75, 3.05) is 39.0 Å². The number of hydrogen-bond acceptors (Lipinski definition) is 5. The van der Waals surface area contributed by atoms with E-state index in [1.807, 2.05) is 12.1 Å². The molecule has 116 valence electrons. The molecule has 0 unspecified atom stereocenters. The van der Waals surface area contributed by atoms with Crippen LogP contribution >= 0.6 is 0 Å². The van der Waals surface area contributed by atoms with Gasteiger partial charge in [0.05, 0.1) is 19.0 Å². The highest BCUT2D eigenvalue weighted by atomic mass is 32.2. The summed E-state index contributed by atoms with van der Waals surface area (Å²) in [5.41, 5.74) is 1.22. The molecule has 2 fully saturated rings. The van der Waals surface area contributed by atoms with Crippen LogP contribution in [-0.4, -0.2) is 67.8 Å². The molecule has 2 atom stereocenters. The van der Waals surface area contributed by atoms with Gasteiger partial charge in [0.2, 0.25) is 10.0 Å². The first-order valence-electron chi connectivity index (χ1n) is 7.20. The summed E-state index contributed by atoms with van der Waals surface area (Å²) in [6.45, 7) is 4.12. The lowest BCUT2D eigenvalue weighted by Crippen LogP contribution is -2.36. The molecular weight excluding hydrogens is 290 g/mol. The average molecular weight is 311 g/mol. The molecule has 2 aliphatic heterocycles. The molecule has 0 saturated carbocycles. The van der Waals surface area contributed by atoms with Gasteiger partial charge in [-0.05, 0) is 17.7 Å². The van der Waals surface area contributed by atoms with Gasteiger partial charge in [-0.3, -0.25) is 9.88 Å². The molecule has 7 heteroatoms. The predicted octanol–water partition coefficient (Wildman–Crippen LogP) is 0.174. The van der Waals surface area contributed by atoms with Gasteiger partial charge in [-0.25, -0.2) is 8.42 Å². The van der Waals surface area contributed by atoms with Crippen molar-refractivity contribution in [2.45, 2.75) is 12.6 Å². The normalized spacial score (nSPS) is 28.2. The Kier molecular flexibility index (Phi) is 4.26. The fraction of sp³-hybridized carbons (Fsp3) is 0.643. The van der Waals surface area contributed by atoms with E-state index in [4.69, 9.17) is 4.74 Å². The molecule has 0 radical (unpaired) electrons. The monoisotopic (exact) mass is 311 g/mol. The third kappa shape index (κ3) is 3.60. The maximum absolute atomic E-state index is 11.8. The van der Waals surface area contributed by atoms with E-state index in [0.717, 1.165) is 19.6 Å². The maximum Gasteiger partial charge on any atom is 0.211 e. The summed E-state index contributed by atoms with van der Waals surface area (Å²) in [7, 11) is -3.14. The van der Waals surface area contributed by atoms with E-state index in [1.165, 1.54) is 11.8 Å². The van der Waals surface area contributed by atoms with Crippen molar-refractivity contribution in [3.05, 3.63) is 30.1 Å². The molecule has 0 N–H and O–H groups in total. The number of rotatable bonds is 3. The van der Waals surface area contributed by atoms with Crippen molar-refractivity contribution in [3.8, 4) is 0 Å². The predicted molar refractivity (Wildman–Crippen MR) is 79.2 cm³/mol. The van der Waals surface area contributed by atoms with Crippen LogP contribution in [0, 0.1) is 5.92 Å². The molecule has 0 amide bonds. The topological polar surface area (TPSA) is 62.7 Å². The number of ether oxygens (including phenoxy) is 1. The first-order chi connectivity index (χ1) is 10.0.